The largest absolute Gasteiger partial charge is 1.00 e. The Hall–Kier alpha value is 0.210. The van der Waals surface area contributed by atoms with E-state index in [0.717, 1.165) is 17.8 Å². The number of quaternary nitrogens is 1. The first-order valence-corrected chi connectivity index (χ1v) is 9.02. The molecule has 0 atom stereocenters. The van der Waals surface area contributed by atoms with Crippen LogP contribution < -0.4 is 12.4 Å². The second-order valence-electron chi connectivity index (χ2n) is 6.88. The Labute approximate surface area is 140 Å². The van der Waals surface area contributed by atoms with Crippen molar-refractivity contribution < 1.29 is 21.6 Å². The van der Waals surface area contributed by atoms with Gasteiger partial charge in [0.05, 0.1) is 27.2 Å². The Bertz CT molecular complexity index is 198. The zero-order chi connectivity index (χ0) is 15.1. The zero-order valence-electron chi connectivity index (χ0n) is 15.1. The number of hydrogen-bond acceptors (Lipinski definition) is 1. The lowest BCUT2D eigenvalue weighted by molar-refractivity contribution is -0.909. The molecule has 0 unspecified atom stereocenters. The summed E-state index contributed by atoms with van der Waals surface area (Å²) < 4.78 is 6.86. The minimum atomic E-state index is 0. The third-order valence-electron chi connectivity index (χ3n) is 3.95. The molecule has 0 radical (unpaired) electrons. The number of nitrogens with zero attached hydrogens (tertiary/aromatic N) is 1. The van der Waals surface area contributed by atoms with Crippen LogP contribution in [-0.4, -0.2) is 38.5 Å². The summed E-state index contributed by atoms with van der Waals surface area (Å²) in [7, 11) is 4.59. The van der Waals surface area contributed by atoms with Gasteiger partial charge >= 0.3 is 0 Å². The van der Waals surface area contributed by atoms with Gasteiger partial charge in [-0.1, -0.05) is 65.2 Å². The third kappa shape index (κ3) is 18.2. The van der Waals surface area contributed by atoms with Crippen molar-refractivity contribution in [2.45, 2.75) is 84.5 Å². The van der Waals surface area contributed by atoms with E-state index in [1.807, 2.05) is 0 Å². The summed E-state index contributed by atoms with van der Waals surface area (Å²) in [6.07, 6.45) is 14.9. The van der Waals surface area contributed by atoms with Crippen LogP contribution in [0.25, 0.3) is 0 Å². The van der Waals surface area contributed by atoms with Gasteiger partial charge in [0, 0.05) is 0 Å². The van der Waals surface area contributed by atoms with E-state index in [-0.39, 0.29) is 12.4 Å². The van der Waals surface area contributed by atoms with Gasteiger partial charge in [-0.2, -0.15) is 0 Å². The maximum atomic E-state index is 5.85. The van der Waals surface area contributed by atoms with Crippen molar-refractivity contribution >= 4 is 0 Å². The van der Waals surface area contributed by atoms with E-state index in [1.165, 1.54) is 77.2 Å². The number of halogens is 1. The van der Waals surface area contributed by atoms with Crippen molar-refractivity contribution in [2.75, 3.05) is 34.0 Å². The summed E-state index contributed by atoms with van der Waals surface area (Å²) in [6, 6.07) is 0. The molecule has 0 rings (SSSR count). The van der Waals surface area contributed by atoms with Crippen LogP contribution >= 0.6 is 0 Å². The molecule has 0 N–H and O–H groups in total. The van der Waals surface area contributed by atoms with Gasteiger partial charge < -0.3 is 21.6 Å². The summed E-state index contributed by atoms with van der Waals surface area (Å²) in [5.41, 5.74) is 0. The highest BCUT2D eigenvalue weighted by molar-refractivity contribution is 4.44. The van der Waals surface area contributed by atoms with Gasteiger partial charge in [0.25, 0.3) is 0 Å². The van der Waals surface area contributed by atoms with Gasteiger partial charge in [0.15, 0.2) is 6.73 Å². The second kappa shape index (κ2) is 16.6. The van der Waals surface area contributed by atoms with E-state index >= 15 is 0 Å². The van der Waals surface area contributed by atoms with Crippen molar-refractivity contribution in [1.82, 2.24) is 0 Å². The van der Waals surface area contributed by atoms with E-state index in [2.05, 4.69) is 27.9 Å². The third-order valence-corrected chi connectivity index (χ3v) is 3.95. The Morgan fingerprint density at radius 1 is 0.667 bits per heavy atom. The zero-order valence-corrected chi connectivity index (χ0v) is 15.9. The van der Waals surface area contributed by atoms with Crippen LogP contribution in [0.1, 0.15) is 84.5 Å². The van der Waals surface area contributed by atoms with E-state index in [1.54, 1.807) is 0 Å². The Balaban J connectivity index is 0. The van der Waals surface area contributed by atoms with Gasteiger partial charge in [-0.25, -0.2) is 0 Å². The van der Waals surface area contributed by atoms with Gasteiger partial charge in [-0.05, 0) is 19.3 Å². The molecule has 0 amide bonds. The number of ether oxygens (including phenoxy) is 1. The molecule has 0 aromatic carbocycles. The molecule has 0 fully saturated rings. The minimum Gasteiger partial charge on any atom is -1.00 e. The predicted molar refractivity (Wildman–Crippen MR) is 89.9 cm³/mol. The summed E-state index contributed by atoms with van der Waals surface area (Å²) in [6.45, 7) is 7.62. The van der Waals surface area contributed by atoms with E-state index < -0.39 is 0 Å². The first kappa shape index (κ1) is 23.5. The number of unbranched alkanes of at least 4 members (excludes halogenated alkanes) is 9. The molecule has 0 aromatic rings. The fraction of sp³-hybridized carbons (Fsp3) is 1.00. The Morgan fingerprint density at radius 3 is 1.71 bits per heavy atom. The fourth-order valence-electron chi connectivity index (χ4n) is 2.50. The summed E-state index contributed by atoms with van der Waals surface area (Å²) in [5, 5.41) is 0. The lowest BCUT2D eigenvalue weighted by atomic mass is 10.1. The van der Waals surface area contributed by atoms with Crippen LogP contribution in [0.5, 0.6) is 0 Å². The first-order chi connectivity index (χ1) is 9.62. The highest BCUT2D eigenvalue weighted by Crippen LogP contribution is 2.09. The number of hydrogen-bond donors (Lipinski definition) is 0. The molecule has 0 saturated heterocycles. The Kier molecular flexibility index (Phi) is 18.5. The molecule has 2 nitrogen and oxygen atoms in total. The average Bonchev–Trinajstić information content (AvgIpc) is 2.41. The monoisotopic (exact) mass is 321 g/mol. The standard InChI is InChI=1S/C18H40NO.ClH/c1-5-7-9-11-12-14-16-19(3,4)18-20-17-15-13-10-8-6-2;/h5-18H2,1-4H3;1H/q+1;/p-1. The van der Waals surface area contributed by atoms with Crippen molar-refractivity contribution in [3.05, 3.63) is 0 Å². The highest BCUT2D eigenvalue weighted by Gasteiger charge is 2.13. The normalized spacial score (nSPS) is 11.4. The predicted octanol–water partition coefficient (Wildman–Crippen LogP) is 2.37. The van der Waals surface area contributed by atoms with Gasteiger partial charge in [0.1, 0.15) is 0 Å². The van der Waals surface area contributed by atoms with E-state index in [0.29, 0.717) is 0 Å². The van der Waals surface area contributed by atoms with Crippen molar-refractivity contribution in [3.8, 4) is 0 Å². The molecule has 130 valence electrons. The van der Waals surface area contributed by atoms with Crippen LogP contribution in [-0.2, 0) is 4.74 Å². The lowest BCUT2D eigenvalue weighted by Gasteiger charge is -2.29. The molecule has 0 bridgehead atoms. The van der Waals surface area contributed by atoms with Crippen molar-refractivity contribution in [3.63, 3.8) is 0 Å². The quantitative estimate of drug-likeness (QED) is 0.256. The SMILES string of the molecule is CCCCCCCC[N+](C)(C)COCCCCCCC.[Cl-]. The number of rotatable bonds is 15. The minimum absolute atomic E-state index is 0. The maximum Gasteiger partial charge on any atom is 0.182 e. The fourth-order valence-corrected chi connectivity index (χ4v) is 2.50. The smallest absolute Gasteiger partial charge is 0.182 e. The maximum absolute atomic E-state index is 5.85. The molecule has 0 saturated carbocycles. The van der Waals surface area contributed by atoms with Gasteiger partial charge in [-0.15, -0.1) is 0 Å². The first-order valence-electron chi connectivity index (χ1n) is 9.02. The molecule has 0 aliphatic heterocycles. The lowest BCUT2D eigenvalue weighted by Crippen LogP contribution is -3.00. The Morgan fingerprint density at radius 2 is 1.14 bits per heavy atom. The highest BCUT2D eigenvalue weighted by atomic mass is 35.5. The summed E-state index contributed by atoms with van der Waals surface area (Å²) in [4.78, 5) is 0. The van der Waals surface area contributed by atoms with Crippen LogP contribution in [0.3, 0.4) is 0 Å². The van der Waals surface area contributed by atoms with Gasteiger partial charge in [0.2, 0.25) is 0 Å². The van der Waals surface area contributed by atoms with Crippen LogP contribution in [0.4, 0.5) is 0 Å². The molecule has 0 spiro atoms. The molecule has 21 heavy (non-hydrogen) atoms. The van der Waals surface area contributed by atoms with E-state index in [9.17, 15) is 0 Å². The molecule has 0 aliphatic rings. The van der Waals surface area contributed by atoms with Crippen LogP contribution in [0.15, 0.2) is 0 Å². The topological polar surface area (TPSA) is 9.23 Å². The molecule has 0 aliphatic carbocycles. The molecule has 0 heterocycles. The summed E-state index contributed by atoms with van der Waals surface area (Å²) in [5.74, 6) is 0. The molecule has 0 aromatic heterocycles. The summed E-state index contributed by atoms with van der Waals surface area (Å²) >= 11 is 0. The molecular formula is C18H40ClNO. The van der Waals surface area contributed by atoms with Crippen LogP contribution in [0, 0.1) is 0 Å². The average molecular weight is 322 g/mol. The molecule has 3 heteroatoms. The van der Waals surface area contributed by atoms with Gasteiger partial charge in [-0.3, -0.25) is 0 Å². The second-order valence-corrected chi connectivity index (χ2v) is 6.88. The van der Waals surface area contributed by atoms with Crippen LogP contribution in [0.2, 0.25) is 0 Å². The van der Waals surface area contributed by atoms with Crippen molar-refractivity contribution in [1.29, 1.82) is 0 Å². The molecular weight excluding hydrogens is 282 g/mol. The van der Waals surface area contributed by atoms with Crippen molar-refractivity contribution in [2.24, 2.45) is 0 Å². The van der Waals surface area contributed by atoms with E-state index in [4.69, 9.17) is 4.74 Å².